The first kappa shape index (κ1) is 13.1. The zero-order valence-electron chi connectivity index (χ0n) is 10.8. The number of esters is 1. The van der Waals surface area contributed by atoms with Gasteiger partial charge in [-0.05, 0) is 18.4 Å². The molecular weight excluding hydrogens is 228 g/mol. The Hall–Kier alpha value is -1.35. The van der Waals surface area contributed by atoms with Crippen LogP contribution < -0.4 is 0 Å². The van der Waals surface area contributed by atoms with Crippen molar-refractivity contribution in [1.82, 2.24) is 0 Å². The highest BCUT2D eigenvalue weighted by Crippen LogP contribution is 2.27. The molecule has 1 aliphatic rings. The summed E-state index contributed by atoms with van der Waals surface area (Å²) < 4.78 is 10.8. The molecule has 2 rings (SSSR count). The van der Waals surface area contributed by atoms with Crippen LogP contribution in [0.4, 0.5) is 0 Å². The Morgan fingerprint density at radius 3 is 2.44 bits per heavy atom. The van der Waals surface area contributed by atoms with Gasteiger partial charge in [-0.15, -0.1) is 0 Å². The van der Waals surface area contributed by atoms with Crippen molar-refractivity contribution in [1.29, 1.82) is 0 Å². The van der Waals surface area contributed by atoms with Crippen molar-refractivity contribution in [3.63, 3.8) is 0 Å². The molecule has 18 heavy (non-hydrogen) atoms. The molecule has 0 aliphatic heterocycles. The van der Waals surface area contributed by atoms with E-state index in [2.05, 4.69) is 0 Å². The zero-order valence-corrected chi connectivity index (χ0v) is 10.8. The lowest BCUT2D eigenvalue weighted by molar-refractivity contribution is -0.160. The van der Waals surface area contributed by atoms with E-state index >= 15 is 0 Å². The lowest BCUT2D eigenvalue weighted by Gasteiger charge is -2.26. The predicted octanol–water partition coefficient (Wildman–Crippen LogP) is 3.25. The number of carbonyl (C=O) groups excluding carboxylic acids is 1. The van der Waals surface area contributed by atoms with Gasteiger partial charge in [-0.3, -0.25) is 0 Å². The highest BCUT2D eigenvalue weighted by atomic mass is 16.6. The second-order valence-electron chi connectivity index (χ2n) is 4.71. The van der Waals surface area contributed by atoms with E-state index < -0.39 is 6.10 Å². The summed E-state index contributed by atoms with van der Waals surface area (Å²) in [6.07, 6.45) is 5.33. The molecule has 1 saturated carbocycles. The van der Waals surface area contributed by atoms with Gasteiger partial charge in [0, 0.05) is 0 Å². The van der Waals surface area contributed by atoms with E-state index in [9.17, 15) is 4.79 Å². The largest absolute Gasteiger partial charge is 0.467 e. The van der Waals surface area contributed by atoms with Gasteiger partial charge in [0.05, 0.1) is 13.2 Å². The Labute approximate surface area is 108 Å². The Bertz CT molecular complexity index is 369. The van der Waals surface area contributed by atoms with Crippen molar-refractivity contribution in [3.05, 3.63) is 35.9 Å². The van der Waals surface area contributed by atoms with Crippen molar-refractivity contribution in [3.8, 4) is 0 Å². The molecule has 0 saturated heterocycles. The van der Waals surface area contributed by atoms with E-state index in [1.165, 1.54) is 26.4 Å². The summed E-state index contributed by atoms with van der Waals surface area (Å²) in [6.45, 7) is 0. The van der Waals surface area contributed by atoms with E-state index in [1.54, 1.807) is 0 Å². The third-order valence-corrected chi connectivity index (χ3v) is 3.40. The number of hydrogen-bond acceptors (Lipinski definition) is 3. The number of methoxy groups -OCH3 is 1. The van der Waals surface area contributed by atoms with Gasteiger partial charge < -0.3 is 9.47 Å². The summed E-state index contributed by atoms with van der Waals surface area (Å²) in [7, 11) is 1.41. The fourth-order valence-electron chi connectivity index (χ4n) is 2.40. The van der Waals surface area contributed by atoms with Crippen LogP contribution in [-0.2, 0) is 14.3 Å². The maximum Gasteiger partial charge on any atom is 0.339 e. The molecule has 1 atom stereocenters. The average molecular weight is 248 g/mol. The summed E-state index contributed by atoms with van der Waals surface area (Å²) in [5.74, 6) is -0.313. The molecule has 1 aliphatic carbocycles. The summed E-state index contributed by atoms with van der Waals surface area (Å²) in [5, 5.41) is 0. The molecule has 3 nitrogen and oxygen atoms in total. The number of hydrogen-bond donors (Lipinski definition) is 0. The molecule has 1 aromatic rings. The van der Waals surface area contributed by atoms with Gasteiger partial charge in [-0.1, -0.05) is 49.6 Å². The van der Waals surface area contributed by atoms with Crippen molar-refractivity contribution < 1.29 is 14.3 Å². The molecule has 0 radical (unpaired) electrons. The first-order valence-corrected chi connectivity index (χ1v) is 6.59. The third kappa shape index (κ3) is 3.33. The van der Waals surface area contributed by atoms with Crippen LogP contribution in [0.1, 0.15) is 43.8 Å². The highest BCUT2D eigenvalue weighted by molar-refractivity contribution is 5.76. The monoisotopic (exact) mass is 248 g/mol. The number of carbonyl (C=O) groups is 1. The van der Waals surface area contributed by atoms with E-state index in [4.69, 9.17) is 9.47 Å². The lowest BCUT2D eigenvalue weighted by atomic mass is 9.97. The molecule has 1 unspecified atom stereocenters. The summed E-state index contributed by atoms with van der Waals surface area (Å²) in [5.41, 5.74) is 0.870. The van der Waals surface area contributed by atoms with Gasteiger partial charge in [0.1, 0.15) is 0 Å². The van der Waals surface area contributed by atoms with Crippen LogP contribution in [0.15, 0.2) is 30.3 Å². The number of ether oxygens (including phenoxy) is 2. The Morgan fingerprint density at radius 1 is 1.17 bits per heavy atom. The maximum absolute atomic E-state index is 11.8. The van der Waals surface area contributed by atoms with E-state index in [1.807, 2.05) is 30.3 Å². The topological polar surface area (TPSA) is 35.5 Å². The minimum Gasteiger partial charge on any atom is -0.467 e. The maximum atomic E-state index is 11.8. The molecule has 1 fully saturated rings. The number of benzene rings is 1. The Morgan fingerprint density at radius 2 is 1.83 bits per heavy atom. The Kier molecular flexibility index (Phi) is 4.76. The molecule has 0 spiro atoms. The molecule has 0 aromatic heterocycles. The van der Waals surface area contributed by atoms with Crippen molar-refractivity contribution in [2.24, 2.45) is 0 Å². The zero-order chi connectivity index (χ0) is 12.8. The van der Waals surface area contributed by atoms with Crippen LogP contribution in [0.3, 0.4) is 0 Å². The fraction of sp³-hybridized carbons (Fsp3) is 0.533. The Balaban J connectivity index is 2.07. The quantitative estimate of drug-likeness (QED) is 0.767. The summed E-state index contributed by atoms with van der Waals surface area (Å²) >= 11 is 0. The van der Waals surface area contributed by atoms with Crippen LogP contribution in [0.2, 0.25) is 0 Å². The SMILES string of the molecule is COC(=O)C(OC1CCCCC1)c1ccccc1. The molecule has 0 heterocycles. The van der Waals surface area contributed by atoms with Gasteiger partial charge >= 0.3 is 5.97 Å². The minimum atomic E-state index is -0.584. The van der Waals surface area contributed by atoms with Crippen LogP contribution >= 0.6 is 0 Å². The standard InChI is InChI=1S/C15H20O3/c1-17-15(16)14(12-8-4-2-5-9-12)18-13-10-6-3-7-11-13/h2,4-5,8-9,13-14H,3,6-7,10-11H2,1H3. The minimum absolute atomic E-state index is 0.183. The highest BCUT2D eigenvalue weighted by Gasteiger charge is 2.26. The summed E-state index contributed by atoms with van der Waals surface area (Å²) in [6, 6.07) is 9.57. The predicted molar refractivity (Wildman–Crippen MR) is 69.2 cm³/mol. The van der Waals surface area contributed by atoms with Crippen molar-refractivity contribution in [2.45, 2.75) is 44.3 Å². The third-order valence-electron chi connectivity index (χ3n) is 3.40. The molecule has 0 bridgehead atoms. The average Bonchev–Trinajstić information content (AvgIpc) is 2.46. The molecule has 3 heteroatoms. The van der Waals surface area contributed by atoms with Crippen molar-refractivity contribution >= 4 is 5.97 Å². The van der Waals surface area contributed by atoms with Gasteiger partial charge in [-0.2, -0.15) is 0 Å². The van der Waals surface area contributed by atoms with Crippen molar-refractivity contribution in [2.75, 3.05) is 7.11 Å². The van der Waals surface area contributed by atoms with Crippen LogP contribution in [0.25, 0.3) is 0 Å². The first-order chi connectivity index (χ1) is 8.81. The van der Waals surface area contributed by atoms with Crippen LogP contribution in [-0.4, -0.2) is 19.2 Å². The molecule has 1 aromatic carbocycles. The normalized spacial score (nSPS) is 18.3. The van der Waals surface area contributed by atoms with Gasteiger partial charge in [0.2, 0.25) is 0 Å². The van der Waals surface area contributed by atoms with E-state index in [0.717, 1.165) is 18.4 Å². The van der Waals surface area contributed by atoms with E-state index in [0.29, 0.717) is 0 Å². The molecule has 0 amide bonds. The van der Waals surface area contributed by atoms with Crippen LogP contribution in [0.5, 0.6) is 0 Å². The number of rotatable bonds is 4. The lowest BCUT2D eigenvalue weighted by Crippen LogP contribution is -2.25. The van der Waals surface area contributed by atoms with Crippen LogP contribution in [0, 0.1) is 0 Å². The molecule has 98 valence electrons. The van der Waals surface area contributed by atoms with Gasteiger partial charge in [-0.25, -0.2) is 4.79 Å². The first-order valence-electron chi connectivity index (χ1n) is 6.59. The smallest absolute Gasteiger partial charge is 0.339 e. The second-order valence-corrected chi connectivity index (χ2v) is 4.71. The summed E-state index contributed by atoms with van der Waals surface area (Å²) in [4.78, 5) is 11.8. The van der Waals surface area contributed by atoms with Gasteiger partial charge in [0.15, 0.2) is 6.10 Å². The molecule has 0 N–H and O–H groups in total. The fourth-order valence-corrected chi connectivity index (χ4v) is 2.40. The molecular formula is C15H20O3. The second kappa shape index (κ2) is 6.55. The van der Waals surface area contributed by atoms with Gasteiger partial charge in [0.25, 0.3) is 0 Å². The van der Waals surface area contributed by atoms with E-state index in [-0.39, 0.29) is 12.1 Å².